The van der Waals surface area contributed by atoms with Crippen LogP contribution in [0.15, 0.2) is 11.0 Å². The fraction of sp³-hybridized carbons (Fsp3) is 0.588. The average Bonchev–Trinajstić information content (AvgIpc) is 2.48. The predicted octanol–water partition coefficient (Wildman–Crippen LogP) is 3.63. The Bertz CT molecular complexity index is 591. The van der Waals surface area contributed by atoms with Gasteiger partial charge in [0.15, 0.2) is 0 Å². The van der Waals surface area contributed by atoms with E-state index in [1.807, 2.05) is 5.48 Å². The van der Waals surface area contributed by atoms with Gasteiger partial charge in [0, 0.05) is 21.9 Å². The fourth-order valence-electron chi connectivity index (χ4n) is 2.99. The molecule has 2 rings (SSSR count). The molecule has 1 atom stereocenters. The zero-order chi connectivity index (χ0) is 17.4. The van der Waals surface area contributed by atoms with Crippen LogP contribution in [0.25, 0.3) is 0 Å². The van der Waals surface area contributed by atoms with Crippen LogP contribution < -0.4 is 5.48 Å². The second-order valence-electron chi connectivity index (χ2n) is 6.65. The largest absolute Gasteiger partial charge is 0.289 e. The first kappa shape index (κ1) is 18.6. The molecule has 4 nitrogen and oxygen atoms in total. The Balaban J connectivity index is 2.40. The van der Waals surface area contributed by atoms with Crippen molar-refractivity contribution >= 4 is 29.6 Å². The van der Waals surface area contributed by atoms with Crippen LogP contribution in [0.3, 0.4) is 0 Å². The van der Waals surface area contributed by atoms with Gasteiger partial charge in [0.1, 0.15) is 6.04 Å². The Morgan fingerprint density at radius 3 is 2.39 bits per heavy atom. The molecule has 1 heterocycles. The summed E-state index contributed by atoms with van der Waals surface area (Å²) in [6.07, 6.45) is 0. The van der Waals surface area contributed by atoms with E-state index in [4.69, 9.17) is 5.21 Å². The monoisotopic (exact) mass is 354 g/mol. The zero-order valence-corrected chi connectivity index (χ0v) is 16.3. The Hall–Kier alpha value is -0.690. The molecular formula is C17H26N2O2S2. The molecule has 1 aliphatic heterocycles. The highest BCUT2D eigenvalue weighted by molar-refractivity contribution is 8.01. The summed E-state index contributed by atoms with van der Waals surface area (Å²) in [5, 5.41) is 9.16. The molecule has 0 bridgehead atoms. The van der Waals surface area contributed by atoms with Crippen LogP contribution in [0.5, 0.6) is 0 Å². The van der Waals surface area contributed by atoms with Crippen molar-refractivity contribution in [2.24, 2.45) is 0 Å². The van der Waals surface area contributed by atoms with Gasteiger partial charge < -0.3 is 0 Å². The zero-order valence-electron chi connectivity index (χ0n) is 14.7. The number of nitrogens with zero attached hydrogens (tertiary/aromatic N) is 1. The van der Waals surface area contributed by atoms with E-state index in [1.165, 1.54) is 27.1 Å². The van der Waals surface area contributed by atoms with Gasteiger partial charge in [-0.2, -0.15) is 11.8 Å². The number of aryl methyl sites for hydroxylation is 2. The third kappa shape index (κ3) is 3.71. The highest BCUT2D eigenvalue weighted by Gasteiger charge is 2.44. The molecule has 0 saturated carbocycles. The van der Waals surface area contributed by atoms with Gasteiger partial charge in [0.05, 0.1) is 0 Å². The molecule has 1 aliphatic rings. The summed E-state index contributed by atoms with van der Waals surface area (Å²) in [4.78, 5) is 13.5. The third-order valence-corrected chi connectivity index (χ3v) is 7.37. The maximum Gasteiger partial charge on any atom is 0.263 e. The van der Waals surface area contributed by atoms with Crippen molar-refractivity contribution in [1.29, 1.82) is 0 Å². The SMILES string of the molecule is Cc1cc(C)c(C)c(SN2CCSC(C)(C)C2C(=O)NO)c1C. The number of nitrogens with one attached hydrogen (secondary N) is 1. The summed E-state index contributed by atoms with van der Waals surface area (Å²) in [6, 6.07) is 1.83. The van der Waals surface area contributed by atoms with Gasteiger partial charge in [-0.1, -0.05) is 6.07 Å². The minimum atomic E-state index is -0.379. The summed E-state index contributed by atoms with van der Waals surface area (Å²) < 4.78 is 1.87. The van der Waals surface area contributed by atoms with Crippen LogP contribution in [0.4, 0.5) is 0 Å². The van der Waals surface area contributed by atoms with E-state index < -0.39 is 0 Å². The van der Waals surface area contributed by atoms with Crippen LogP contribution in [-0.2, 0) is 4.79 Å². The molecule has 1 unspecified atom stereocenters. The number of thioether (sulfide) groups is 1. The second-order valence-corrected chi connectivity index (χ2v) is 9.46. The number of carbonyl (C=O) groups is 1. The molecule has 6 heteroatoms. The quantitative estimate of drug-likeness (QED) is 0.493. The summed E-state index contributed by atoms with van der Waals surface area (Å²) in [7, 11) is 0. The number of hydrogen-bond acceptors (Lipinski definition) is 5. The predicted molar refractivity (Wildman–Crippen MR) is 98.2 cm³/mol. The summed E-state index contributed by atoms with van der Waals surface area (Å²) >= 11 is 3.42. The number of benzene rings is 1. The van der Waals surface area contributed by atoms with Crippen LogP contribution in [0, 0.1) is 27.7 Å². The molecule has 1 amide bonds. The van der Waals surface area contributed by atoms with Gasteiger partial charge in [-0.05, 0) is 75.7 Å². The molecule has 1 fully saturated rings. The first-order valence-corrected chi connectivity index (χ1v) is 9.55. The van der Waals surface area contributed by atoms with E-state index in [1.54, 1.807) is 23.7 Å². The Labute approximate surface area is 147 Å². The Kier molecular flexibility index (Phi) is 5.72. The first-order valence-electron chi connectivity index (χ1n) is 7.79. The van der Waals surface area contributed by atoms with Gasteiger partial charge in [-0.15, -0.1) is 0 Å². The highest BCUT2D eigenvalue weighted by atomic mass is 32.2. The molecule has 1 aromatic rings. The average molecular weight is 355 g/mol. The van der Waals surface area contributed by atoms with Crippen molar-refractivity contribution in [2.45, 2.75) is 57.2 Å². The minimum Gasteiger partial charge on any atom is -0.289 e. The molecule has 23 heavy (non-hydrogen) atoms. The van der Waals surface area contributed by atoms with Crippen molar-refractivity contribution in [3.05, 3.63) is 28.3 Å². The highest BCUT2D eigenvalue weighted by Crippen LogP contribution is 2.42. The minimum absolute atomic E-state index is 0.251. The van der Waals surface area contributed by atoms with Crippen molar-refractivity contribution in [3.63, 3.8) is 0 Å². The third-order valence-electron chi connectivity index (χ3n) is 4.60. The standard InChI is InChI=1S/C17H26N2O2S2/c1-10-9-11(2)13(4)14(12(10)3)23-19-7-8-22-17(5,6)15(19)16(20)18-21/h9,15,21H,7-8H2,1-6H3,(H,18,20). The van der Waals surface area contributed by atoms with Crippen molar-refractivity contribution in [2.75, 3.05) is 12.3 Å². The van der Waals surface area contributed by atoms with E-state index in [9.17, 15) is 4.79 Å². The molecule has 1 saturated heterocycles. The molecule has 0 aromatic heterocycles. The molecule has 0 radical (unpaired) electrons. The van der Waals surface area contributed by atoms with E-state index in [2.05, 4.69) is 51.9 Å². The van der Waals surface area contributed by atoms with Crippen LogP contribution in [-0.4, -0.2) is 38.5 Å². The smallest absolute Gasteiger partial charge is 0.263 e. The normalized spacial score (nSPS) is 21.3. The lowest BCUT2D eigenvalue weighted by Crippen LogP contribution is -2.57. The lowest BCUT2D eigenvalue weighted by atomic mass is 10.0. The Morgan fingerprint density at radius 1 is 1.30 bits per heavy atom. The molecule has 0 aliphatic carbocycles. The van der Waals surface area contributed by atoms with E-state index in [-0.39, 0.29) is 16.7 Å². The van der Waals surface area contributed by atoms with Crippen molar-refractivity contribution < 1.29 is 10.0 Å². The van der Waals surface area contributed by atoms with E-state index in [0.29, 0.717) is 0 Å². The molecular weight excluding hydrogens is 328 g/mol. The maximum atomic E-state index is 12.3. The van der Waals surface area contributed by atoms with E-state index >= 15 is 0 Å². The lowest BCUT2D eigenvalue weighted by Gasteiger charge is -2.43. The lowest BCUT2D eigenvalue weighted by molar-refractivity contribution is -0.133. The van der Waals surface area contributed by atoms with Gasteiger partial charge in [-0.3, -0.25) is 10.0 Å². The van der Waals surface area contributed by atoms with Crippen LogP contribution >= 0.6 is 23.7 Å². The van der Waals surface area contributed by atoms with Gasteiger partial charge in [-0.25, -0.2) is 9.79 Å². The number of hydroxylamine groups is 1. The summed E-state index contributed by atoms with van der Waals surface area (Å²) in [5.74, 6) is 0.632. The first-order chi connectivity index (χ1) is 10.7. The second kappa shape index (κ2) is 7.05. The number of amides is 1. The molecule has 1 aromatic carbocycles. The summed E-state index contributed by atoms with van der Waals surface area (Å²) in [5.41, 5.74) is 6.91. The van der Waals surface area contributed by atoms with Crippen LogP contribution in [0.1, 0.15) is 36.1 Å². The molecule has 0 spiro atoms. The molecule has 128 valence electrons. The molecule has 2 N–H and O–H groups in total. The number of hydrogen-bond donors (Lipinski definition) is 2. The topological polar surface area (TPSA) is 52.6 Å². The van der Waals surface area contributed by atoms with E-state index in [0.717, 1.165) is 12.3 Å². The van der Waals surface area contributed by atoms with Gasteiger partial charge in [0.2, 0.25) is 0 Å². The fourth-order valence-corrected chi connectivity index (χ4v) is 5.86. The van der Waals surface area contributed by atoms with Crippen LogP contribution in [0.2, 0.25) is 0 Å². The van der Waals surface area contributed by atoms with Gasteiger partial charge in [0.25, 0.3) is 5.91 Å². The maximum absolute atomic E-state index is 12.3. The van der Waals surface area contributed by atoms with Gasteiger partial charge >= 0.3 is 0 Å². The number of rotatable bonds is 3. The van der Waals surface area contributed by atoms with Crippen molar-refractivity contribution in [1.82, 2.24) is 9.79 Å². The Morgan fingerprint density at radius 2 is 1.87 bits per heavy atom. The number of carbonyl (C=O) groups excluding carboxylic acids is 1. The van der Waals surface area contributed by atoms with Crippen molar-refractivity contribution in [3.8, 4) is 0 Å². The summed E-state index contributed by atoms with van der Waals surface area (Å²) in [6.45, 7) is 13.4.